The van der Waals surface area contributed by atoms with E-state index < -0.39 is 0 Å². The van der Waals surface area contributed by atoms with Gasteiger partial charge in [-0.3, -0.25) is 9.69 Å². The fourth-order valence-electron chi connectivity index (χ4n) is 4.47. The SMILES string of the molecule is CCNC(=NCc1ccc(N2CC=CC2)cc1)N1CCN(CC(=O)N2CCCC2)CC1.I. The lowest BCUT2D eigenvalue weighted by atomic mass is 10.2. The van der Waals surface area contributed by atoms with Crippen molar-refractivity contribution >= 4 is 41.5 Å². The molecule has 0 atom stereocenters. The van der Waals surface area contributed by atoms with Crippen molar-refractivity contribution in [1.29, 1.82) is 0 Å². The molecule has 0 aliphatic carbocycles. The topological polar surface area (TPSA) is 54.4 Å². The number of halogens is 1. The van der Waals surface area contributed by atoms with Crippen molar-refractivity contribution in [2.24, 2.45) is 4.99 Å². The van der Waals surface area contributed by atoms with Gasteiger partial charge < -0.3 is 20.0 Å². The number of hydrogen-bond acceptors (Lipinski definition) is 4. The van der Waals surface area contributed by atoms with E-state index in [0.717, 1.165) is 77.7 Å². The Morgan fingerprint density at radius 3 is 2.22 bits per heavy atom. The molecule has 8 heteroatoms. The second-order valence-corrected chi connectivity index (χ2v) is 8.56. The first kappa shape index (κ1) is 24.8. The number of carbonyl (C=O) groups is 1. The summed E-state index contributed by atoms with van der Waals surface area (Å²) < 4.78 is 0. The first-order valence-electron chi connectivity index (χ1n) is 11.7. The van der Waals surface area contributed by atoms with Crippen LogP contribution in [-0.2, 0) is 11.3 Å². The number of guanidine groups is 1. The molecule has 0 unspecified atom stereocenters. The van der Waals surface area contributed by atoms with Crippen LogP contribution in [0.5, 0.6) is 0 Å². The molecule has 1 aromatic rings. The quantitative estimate of drug-likeness (QED) is 0.254. The maximum atomic E-state index is 12.4. The zero-order valence-electron chi connectivity index (χ0n) is 19.2. The van der Waals surface area contributed by atoms with Gasteiger partial charge in [-0.2, -0.15) is 0 Å². The molecule has 32 heavy (non-hydrogen) atoms. The third-order valence-corrected chi connectivity index (χ3v) is 6.36. The number of carbonyl (C=O) groups excluding carboxylic acids is 1. The molecule has 7 nitrogen and oxygen atoms in total. The Bertz CT molecular complexity index is 774. The van der Waals surface area contributed by atoms with Crippen LogP contribution in [0.15, 0.2) is 41.4 Å². The highest BCUT2D eigenvalue weighted by atomic mass is 127. The molecule has 2 saturated heterocycles. The molecule has 3 heterocycles. The van der Waals surface area contributed by atoms with Gasteiger partial charge in [0.2, 0.25) is 5.91 Å². The predicted molar refractivity (Wildman–Crippen MR) is 142 cm³/mol. The summed E-state index contributed by atoms with van der Waals surface area (Å²) in [4.78, 5) is 26.3. The third-order valence-electron chi connectivity index (χ3n) is 6.36. The van der Waals surface area contributed by atoms with E-state index in [9.17, 15) is 4.79 Å². The maximum Gasteiger partial charge on any atom is 0.236 e. The van der Waals surface area contributed by atoms with Crippen molar-refractivity contribution in [2.45, 2.75) is 26.3 Å². The van der Waals surface area contributed by atoms with Crippen LogP contribution in [-0.4, -0.2) is 92.0 Å². The highest BCUT2D eigenvalue weighted by molar-refractivity contribution is 14.0. The lowest BCUT2D eigenvalue weighted by Gasteiger charge is -2.36. The summed E-state index contributed by atoms with van der Waals surface area (Å²) in [5, 5.41) is 3.44. The first-order chi connectivity index (χ1) is 15.2. The van der Waals surface area contributed by atoms with Crippen molar-refractivity contribution in [3.8, 4) is 0 Å². The minimum Gasteiger partial charge on any atom is -0.364 e. The minimum absolute atomic E-state index is 0. The number of aliphatic imine (C=N–C) groups is 1. The monoisotopic (exact) mass is 552 g/mol. The average Bonchev–Trinajstić information content (AvgIpc) is 3.52. The molecule has 0 radical (unpaired) electrons. The average molecular weight is 553 g/mol. The Labute approximate surface area is 209 Å². The van der Waals surface area contributed by atoms with Crippen molar-refractivity contribution in [2.75, 3.05) is 70.3 Å². The van der Waals surface area contributed by atoms with E-state index in [-0.39, 0.29) is 24.0 Å². The molecule has 2 fully saturated rings. The van der Waals surface area contributed by atoms with E-state index in [0.29, 0.717) is 19.0 Å². The molecule has 0 saturated carbocycles. The van der Waals surface area contributed by atoms with Gasteiger partial charge in [-0.25, -0.2) is 4.99 Å². The van der Waals surface area contributed by atoms with E-state index >= 15 is 0 Å². The van der Waals surface area contributed by atoms with Gasteiger partial charge in [-0.1, -0.05) is 24.3 Å². The Hall–Kier alpha value is -1.81. The van der Waals surface area contributed by atoms with Crippen molar-refractivity contribution in [1.82, 2.24) is 20.0 Å². The molecule has 1 aromatic carbocycles. The molecule has 1 N–H and O–H groups in total. The summed E-state index contributed by atoms with van der Waals surface area (Å²) in [5.41, 5.74) is 2.49. The highest BCUT2D eigenvalue weighted by Crippen LogP contribution is 2.18. The number of nitrogens with zero attached hydrogens (tertiary/aromatic N) is 5. The van der Waals surface area contributed by atoms with E-state index in [1.165, 1.54) is 11.3 Å². The van der Waals surface area contributed by atoms with Gasteiger partial charge in [-0.15, -0.1) is 24.0 Å². The molecule has 0 bridgehead atoms. The smallest absolute Gasteiger partial charge is 0.236 e. The van der Waals surface area contributed by atoms with Crippen LogP contribution < -0.4 is 10.2 Å². The van der Waals surface area contributed by atoms with Crippen molar-refractivity contribution in [3.63, 3.8) is 0 Å². The predicted octanol–water partition coefficient (Wildman–Crippen LogP) is 2.39. The Balaban J connectivity index is 0.00000289. The number of likely N-dealkylation sites (tertiary alicyclic amines) is 1. The Kier molecular flexibility index (Phi) is 9.65. The van der Waals surface area contributed by atoms with E-state index in [1.54, 1.807) is 0 Å². The minimum atomic E-state index is 0. The van der Waals surface area contributed by atoms with Crippen LogP contribution in [0.1, 0.15) is 25.3 Å². The molecule has 0 spiro atoms. The van der Waals surface area contributed by atoms with Gasteiger partial charge >= 0.3 is 0 Å². The second-order valence-electron chi connectivity index (χ2n) is 8.56. The zero-order valence-corrected chi connectivity index (χ0v) is 21.5. The van der Waals surface area contributed by atoms with Crippen LogP contribution in [0.3, 0.4) is 0 Å². The third kappa shape index (κ3) is 6.60. The van der Waals surface area contributed by atoms with Crippen LogP contribution in [0.4, 0.5) is 5.69 Å². The van der Waals surface area contributed by atoms with Crippen LogP contribution in [0, 0.1) is 0 Å². The number of anilines is 1. The summed E-state index contributed by atoms with van der Waals surface area (Å²) in [6.07, 6.45) is 6.73. The summed E-state index contributed by atoms with van der Waals surface area (Å²) in [6.45, 7) is 11.7. The van der Waals surface area contributed by atoms with Crippen LogP contribution in [0.25, 0.3) is 0 Å². The number of amides is 1. The lowest BCUT2D eigenvalue weighted by Crippen LogP contribution is -2.54. The largest absolute Gasteiger partial charge is 0.364 e. The van der Waals surface area contributed by atoms with Gasteiger partial charge in [0.05, 0.1) is 13.1 Å². The molecule has 176 valence electrons. The van der Waals surface area contributed by atoms with Gasteiger partial charge in [-0.05, 0) is 37.5 Å². The second kappa shape index (κ2) is 12.4. The molecule has 3 aliphatic rings. The van der Waals surface area contributed by atoms with E-state index in [2.05, 4.69) is 63.4 Å². The molecular weight excluding hydrogens is 515 g/mol. The number of rotatable bonds is 6. The fourth-order valence-corrected chi connectivity index (χ4v) is 4.47. The summed E-state index contributed by atoms with van der Waals surface area (Å²) in [5.74, 6) is 1.26. The van der Waals surface area contributed by atoms with Gasteiger partial charge in [0.1, 0.15) is 0 Å². The van der Waals surface area contributed by atoms with Crippen LogP contribution in [0.2, 0.25) is 0 Å². The number of nitrogens with one attached hydrogen (secondary N) is 1. The summed E-state index contributed by atoms with van der Waals surface area (Å²) in [6, 6.07) is 8.76. The number of hydrogen-bond donors (Lipinski definition) is 1. The molecule has 0 aromatic heterocycles. The van der Waals surface area contributed by atoms with Crippen LogP contribution >= 0.6 is 24.0 Å². The number of benzene rings is 1. The molecule has 1 amide bonds. The summed E-state index contributed by atoms with van der Waals surface area (Å²) >= 11 is 0. The van der Waals surface area contributed by atoms with Gasteiger partial charge in [0.15, 0.2) is 5.96 Å². The van der Waals surface area contributed by atoms with E-state index in [4.69, 9.17) is 4.99 Å². The Morgan fingerprint density at radius 1 is 0.938 bits per heavy atom. The number of piperazine rings is 1. The lowest BCUT2D eigenvalue weighted by molar-refractivity contribution is -0.131. The van der Waals surface area contributed by atoms with Crippen molar-refractivity contribution in [3.05, 3.63) is 42.0 Å². The zero-order chi connectivity index (χ0) is 21.5. The molecular formula is C24H37IN6O. The Morgan fingerprint density at radius 2 is 1.59 bits per heavy atom. The standard InChI is InChI=1S/C24H36N6O.HI/c1-2-25-24(26-19-21-7-9-22(10-8-21)28-11-3-4-12-28)30-17-15-27(16-18-30)20-23(31)29-13-5-6-14-29;/h3-4,7-10H,2,5-6,11-20H2,1H3,(H,25,26);1H. The maximum absolute atomic E-state index is 12.4. The van der Waals surface area contributed by atoms with Gasteiger partial charge in [0.25, 0.3) is 0 Å². The van der Waals surface area contributed by atoms with E-state index in [1.807, 2.05) is 4.90 Å². The molecule has 3 aliphatic heterocycles. The molecule has 4 rings (SSSR count). The normalized spacial score (nSPS) is 19.4. The van der Waals surface area contributed by atoms with Crippen molar-refractivity contribution < 1.29 is 4.79 Å². The summed E-state index contributed by atoms with van der Waals surface area (Å²) in [7, 11) is 0. The first-order valence-corrected chi connectivity index (χ1v) is 11.7. The highest BCUT2D eigenvalue weighted by Gasteiger charge is 2.24. The van der Waals surface area contributed by atoms with Gasteiger partial charge in [0, 0.05) is 64.6 Å². The fraction of sp³-hybridized carbons (Fsp3) is 0.583.